The average Bonchev–Trinajstić information content (AvgIpc) is 2.82. The van der Waals surface area contributed by atoms with Gasteiger partial charge in [-0.1, -0.05) is 13.0 Å². The van der Waals surface area contributed by atoms with Gasteiger partial charge in [0.05, 0.1) is 13.2 Å². The van der Waals surface area contributed by atoms with Crippen LogP contribution in [0.2, 0.25) is 0 Å². The summed E-state index contributed by atoms with van der Waals surface area (Å²) < 4.78 is 10.2. The molecule has 0 aromatic heterocycles. The van der Waals surface area contributed by atoms with E-state index in [1.807, 2.05) is 6.92 Å². The Balaban J connectivity index is 3.33. The van der Waals surface area contributed by atoms with E-state index in [-0.39, 0.29) is 32.0 Å². The number of carbonyl (C=O) groups excluding carboxylic acids is 3. The topological polar surface area (TPSA) is 72.9 Å². The monoisotopic (exact) mass is 325 g/mol. The van der Waals surface area contributed by atoms with E-state index in [1.165, 1.54) is 4.90 Å². The highest BCUT2D eigenvalue weighted by Gasteiger charge is 2.62. The van der Waals surface area contributed by atoms with Gasteiger partial charge in [0.1, 0.15) is 0 Å². The first-order chi connectivity index (χ1) is 10.7. The van der Waals surface area contributed by atoms with E-state index in [0.29, 0.717) is 0 Å². The molecule has 1 rings (SSSR count). The lowest BCUT2D eigenvalue weighted by Gasteiger charge is -2.29. The van der Waals surface area contributed by atoms with Crippen LogP contribution in [0.4, 0.5) is 0 Å². The van der Waals surface area contributed by atoms with Crippen molar-refractivity contribution in [1.82, 2.24) is 4.90 Å². The molecule has 1 fully saturated rings. The summed E-state index contributed by atoms with van der Waals surface area (Å²) in [7, 11) is 3.31. The van der Waals surface area contributed by atoms with Crippen LogP contribution in [0.5, 0.6) is 0 Å². The van der Waals surface area contributed by atoms with Gasteiger partial charge in [0.2, 0.25) is 5.91 Å². The summed E-state index contributed by atoms with van der Waals surface area (Å²) in [5.41, 5.74) is -2.13. The van der Waals surface area contributed by atoms with Crippen LogP contribution in [0.1, 0.15) is 33.6 Å². The standard InChI is InChI=1S/C17H27NO5/c1-7-16(4)11-17(14(20)22-8-2,15(21)23-9-3)10-12(16)13(19)18(5)6/h7,12H,1,8-11H2,2-6H3/t12?,16-/m1/s1. The minimum Gasteiger partial charge on any atom is -0.465 e. The van der Waals surface area contributed by atoms with Crippen LogP contribution in [0.25, 0.3) is 0 Å². The molecule has 1 saturated carbocycles. The fourth-order valence-electron chi connectivity index (χ4n) is 3.26. The summed E-state index contributed by atoms with van der Waals surface area (Å²) in [6, 6.07) is 0. The van der Waals surface area contributed by atoms with Crippen LogP contribution in [-0.2, 0) is 23.9 Å². The molecule has 0 aromatic rings. The Kier molecular flexibility index (Phi) is 5.97. The second-order valence-corrected chi connectivity index (χ2v) is 6.40. The maximum absolute atomic E-state index is 12.5. The van der Waals surface area contributed by atoms with Gasteiger partial charge < -0.3 is 14.4 Å². The van der Waals surface area contributed by atoms with Crippen molar-refractivity contribution in [2.45, 2.75) is 33.6 Å². The number of hydrogen-bond donors (Lipinski definition) is 0. The highest BCUT2D eigenvalue weighted by Crippen LogP contribution is 2.55. The normalized spacial score (nSPS) is 25.5. The summed E-state index contributed by atoms with van der Waals surface area (Å²) in [5, 5.41) is 0. The zero-order valence-electron chi connectivity index (χ0n) is 14.7. The summed E-state index contributed by atoms with van der Waals surface area (Å²) >= 11 is 0. The van der Waals surface area contributed by atoms with E-state index in [0.717, 1.165) is 0 Å². The predicted octanol–water partition coefficient (Wildman–Crippen LogP) is 1.79. The lowest BCUT2D eigenvalue weighted by Crippen LogP contribution is -2.41. The van der Waals surface area contributed by atoms with Crippen LogP contribution in [-0.4, -0.2) is 50.1 Å². The molecule has 0 heterocycles. The van der Waals surface area contributed by atoms with E-state index < -0.39 is 28.7 Å². The first-order valence-electron chi connectivity index (χ1n) is 7.87. The maximum Gasteiger partial charge on any atom is 0.323 e. The lowest BCUT2D eigenvalue weighted by atomic mass is 9.78. The molecular weight excluding hydrogens is 298 g/mol. The minimum atomic E-state index is -1.45. The molecule has 0 saturated heterocycles. The molecule has 1 unspecified atom stereocenters. The average molecular weight is 325 g/mol. The molecule has 6 nitrogen and oxygen atoms in total. The molecule has 1 aliphatic carbocycles. The van der Waals surface area contributed by atoms with Crippen LogP contribution in [0.3, 0.4) is 0 Å². The number of allylic oxidation sites excluding steroid dienone is 1. The molecule has 1 aliphatic rings. The van der Waals surface area contributed by atoms with E-state index in [9.17, 15) is 14.4 Å². The minimum absolute atomic E-state index is 0.0736. The van der Waals surface area contributed by atoms with Gasteiger partial charge in [-0.05, 0) is 32.1 Å². The Morgan fingerprint density at radius 3 is 2.00 bits per heavy atom. The number of rotatable bonds is 6. The molecule has 0 aliphatic heterocycles. The number of ether oxygens (including phenoxy) is 2. The summed E-state index contributed by atoms with van der Waals surface area (Å²) in [4.78, 5) is 39.1. The molecule has 0 aromatic carbocycles. The van der Waals surface area contributed by atoms with Crippen molar-refractivity contribution in [2.24, 2.45) is 16.7 Å². The third-order valence-electron chi connectivity index (χ3n) is 4.57. The molecule has 0 N–H and O–H groups in total. The first kappa shape index (κ1) is 19.2. The van der Waals surface area contributed by atoms with Crippen LogP contribution < -0.4 is 0 Å². The van der Waals surface area contributed by atoms with Gasteiger partial charge in [0.25, 0.3) is 0 Å². The molecular formula is C17H27NO5. The van der Waals surface area contributed by atoms with Crippen molar-refractivity contribution in [3.8, 4) is 0 Å². The van der Waals surface area contributed by atoms with Crippen molar-refractivity contribution in [2.75, 3.05) is 27.3 Å². The number of esters is 2. The van der Waals surface area contributed by atoms with E-state index in [2.05, 4.69) is 6.58 Å². The highest BCUT2D eigenvalue weighted by molar-refractivity contribution is 6.01. The zero-order valence-corrected chi connectivity index (χ0v) is 14.7. The fraction of sp³-hybridized carbons (Fsp3) is 0.706. The summed E-state index contributed by atoms with van der Waals surface area (Å²) in [5.74, 6) is -1.91. The molecule has 6 heteroatoms. The number of nitrogens with zero attached hydrogens (tertiary/aromatic N) is 1. The third kappa shape index (κ3) is 3.41. The summed E-state index contributed by atoms with van der Waals surface area (Å²) in [6.07, 6.45) is 1.88. The van der Waals surface area contributed by atoms with Crippen LogP contribution >= 0.6 is 0 Å². The van der Waals surface area contributed by atoms with Crippen molar-refractivity contribution >= 4 is 17.8 Å². The molecule has 1 amide bonds. The van der Waals surface area contributed by atoms with Gasteiger partial charge >= 0.3 is 11.9 Å². The van der Waals surface area contributed by atoms with Crippen molar-refractivity contribution in [3.63, 3.8) is 0 Å². The molecule has 0 spiro atoms. The van der Waals surface area contributed by atoms with Crippen molar-refractivity contribution < 1.29 is 23.9 Å². The Morgan fingerprint density at radius 2 is 1.65 bits per heavy atom. The van der Waals surface area contributed by atoms with Gasteiger partial charge in [0, 0.05) is 20.0 Å². The molecule has 23 heavy (non-hydrogen) atoms. The maximum atomic E-state index is 12.5. The first-order valence-corrected chi connectivity index (χ1v) is 7.87. The second kappa shape index (κ2) is 7.15. The second-order valence-electron chi connectivity index (χ2n) is 6.40. The van der Waals surface area contributed by atoms with Gasteiger partial charge in [-0.3, -0.25) is 14.4 Å². The molecule has 2 atom stereocenters. The SMILES string of the molecule is C=C[C@]1(C)CC(C(=O)OCC)(C(=O)OCC)CC1C(=O)N(C)C. The number of amides is 1. The number of hydrogen-bond acceptors (Lipinski definition) is 5. The Morgan fingerprint density at radius 1 is 1.17 bits per heavy atom. The van der Waals surface area contributed by atoms with Gasteiger partial charge in [-0.2, -0.15) is 0 Å². The largest absolute Gasteiger partial charge is 0.465 e. The summed E-state index contributed by atoms with van der Waals surface area (Å²) in [6.45, 7) is 9.34. The van der Waals surface area contributed by atoms with E-state index in [1.54, 1.807) is 34.0 Å². The predicted molar refractivity (Wildman–Crippen MR) is 85.4 cm³/mol. The van der Waals surface area contributed by atoms with Gasteiger partial charge in [-0.25, -0.2) is 0 Å². The highest BCUT2D eigenvalue weighted by atomic mass is 16.6. The van der Waals surface area contributed by atoms with E-state index >= 15 is 0 Å². The van der Waals surface area contributed by atoms with Crippen LogP contribution in [0.15, 0.2) is 12.7 Å². The molecule has 0 bridgehead atoms. The fourth-order valence-corrected chi connectivity index (χ4v) is 3.26. The molecule has 130 valence electrons. The Bertz CT molecular complexity index is 481. The Labute approximate surface area is 137 Å². The van der Waals surface area contributed by atoms with Gasteiger partial charge in [0.15, 0.2) is 5.41 Å². The van der Waals surface area contributed by atoms with E-state index in [4.69, 9.17) is 9.47 Å². The third-order valence-corrected chi connectivity index (χ3v) is 4.57. The lowest BCUT2D eigenvalue weighted by molar-refractivity contribution is -0.172. The number of carbonyl (C=O) groups is 3. The smallest absolute Gasteiger partial charge is 0.323 e. The van der Waals surface area contributed by atoms with Crippen molar-refractivity contribution in [1.29, 1.82) is 0 Å². The molecule has 0 radical (unpaired) electrons. The quantitative estimate of drug-likeness (QED) is 0.423. The van der Waals surface area contributed by atoms with Gasteiger partial charge in [-0.15, -0.1) is 6.58 Å². The Hall–Kier alpha value is -1.85. The van der Waals surface area contributed by atoms with Crippen molar-refractivity contribution in [3.05, 3.63) is 12.7 Å². The zero-order chi connectivity index (χ0) is 17.8. The van der Waals surface area contributed by atoms with Crippen LogP contribution in [0, 0.1) is 16.7 Å².